The number of ether oxygens (including phenoxy) is 1. The largest absolute Gasteiger partial charge is 0.465 e. The highest BCUT2D eigenvalue weighted by Crippen LogP contribution is 2.28. The van der Waals surface area contributed by atoms with Crippen LogP contribution in [0.4, 0.5) is 0 Å². The Morgan fingerprint density at radius 1 is 1.37 bits per heavy atom. The van der Waals surface area contributed by atoms with Gasteiger partial charge in [0.25, 0.3) is 0 Å². The number of hydrogen-bond acceptors (Lipinski definition) is 4. The monoisotopic (exact) mass is 279 g/mol. The van der Waals surface area contributed by atoms with Crippen LogP contribution in [-0.2, 0) is 11.3 Å². The van der Waals surface area contributed by atoms with Crippen LogP contribution in [-0.4, -0.2) is 30.6 Å². The molecular weight excluding hydrogens is 258 g/mol. The molecule has 0 spiro atoms. The van der Waals surface area contributed by atoms with E-state index >= 15 is 0 Å². The van der Waals surface area contributed by atoms with E-state index in [0.717, 1.165) is 11.8 Å². The fourth-order valence-electron chi connectivity index (χ4n) is 2.48. The van der Waals surface area contributed by atoms with E-state index in [4.69, 9.17) is 0 Å². The number of benzene rings is 1. The summed E-state index contributed by atoms with van der Waals surface area (Å²) in [4.78, 5) is 11.3. The summed E-state index contributed by atoms with van der Waals surface area (Å²) in [5.41, 5.74) is 1.81. The maximum Gasteiger partial charge on any atom is 0.337 e. The third-order valence-corrected chi connectivity index (χ3v) is 4.78. The normalized spacial score (nSPS) is 22.4. The molecule has 2 atom stereocenters. The molecule has 3 nitrogen and oxygen atoms in total. The Morgan fingerprint density at radius 3 is 2.68 bits per heavy atom. The Hall–Kier alpha value is -1.00. The number of carbonyl (C=O) groups excluding carboxylic acids is 1. The van der Waals surface area contributed by atoms with Gasteiger partial charge in [-0.1, -0.05) is 12.1 Å². The van der Waals surface area contributed by atoms with Crippen LogP contribution in [0.25, 0.3) is 0 Å². The van der Waals surface area contributed by atoms with Crippen molar-refractivity contribution in [2.24, 2.45) is 0 Å². The van der Waals surface area contributed by atoms with E-state index in [0.29, 0.717) is 11.6 Å². The second kappa shape index (κ2) is 6.96. The molecule has 2 rings (SSSR count). The van der Waals surface area contributed by atoms with Gasteiger partial charge >= 0.3 is 5.97 Å². The Morgan fingerprint density at radius 2 is 2.11 bits per heavy atom. The highest BCUT2D eigenvalue weighted by Gasteiger charge is 2.23. The standard InChI is InChI=1S/C15H21NO2S/c1-18-15(17)12-5-3-11(4-6-12)10-16-13-7-8-14(9-13)19-2/h3-6,13-14,16H,7-10H2,1-2H3/t13-,14-/m1/s1. The molecule has 0 radical (unpaired) electrons. The van der Waals surface area contributed by atoms with Crippen LogP contribution in [0.15, 0.2) is 24.3 Å². The molecule has 0 aliphatic heterocycles. The lowest BCUT2D eigenvalue weighted by molar-refractivity contribution is 0.0600. The van der Waals surface area contributed by atoms with Crippen LogP contribution in [0, 0.1) is 0 Å². The van der Waals surface area contributed by atoms with Crippen LogP contribution in [0.1, 0.15) is 35.2 Å². The molecule has 1 aromatic rings. The van der Waals surface area contributed by atoms with Gasteiger partial charge in [-0.2, -0.15) is 11.8 Å². The van der Waals surface area contributed by atoms with Crippen LogP contribution in [0.5, 0.6) is 0 Å². The van der Waals surface area contributed by atoms with Gasteiger partial charge in [0, 0.05) is 17.8 Å². The van der Waals surface area contributed by atoms with E-state index in [9.17, 15) is 4.79 Å². The van der Waals surface area contributed by atoms with E-state index in [2.05, 4.69) is 16.3 Å². The quantitative estimate of drug-likeness (QED) is 0.841. The average Bonchev–Trinajstić information content (AvgIpc) is 2.93. The summed E-state index contributed by atoms with van der Waals surface area (Å²) >= 11 is 1.97. The minimum absolute atomic E-state index is 0.280. The number of nitrogens with one attached hydrogen (secondary N) is 1. The summed E-state index contributed by atoms with van der Waals surface area (Å²) < 4.78 is 4.68. The van der Waals surface area contributed by atoms with Crippen molar-refractivity contribution in [1.29, 1.82) is 0 Å². The smallest absolute Gasteiger partial charge is 0.337 e. The zero-order valence-electron chi connectivity index (χ0n) is 11.5. The minimum Gasteiger partial charge on any atom is -0.465 e. The number of carbonyl (C=O) groups is 1. The van der Waals surface area contributed by atoms with Gasteiger partial charge in [-0.3, -0.25) is 0 Å². The fourth-order valence-corrected chi connectivity index (χ4v) is 3.27. The lowest BCUT2D eigenvalue weighted by atomic mass is 10.1. The highest BCUT2D eigenvalue weighted by molar-refractivity contribution is 7.99. The third-order valence-electron chi connectivity index (χ3n) is 3.69. The second-order valence-corrected chi connectivity index (χ2v) is 6.08. The maximum atomic E-state index is 11.3. The zero-order chi connectivity index (χ0) is 13.7. The summed E-state index contributed by atoms with van der Waals surface area (Å²) in [6.07, 6.45) is 6.05. The van der Waals surface area contributed by atoms with Crippen molar-refractivity contribution in [1.82, 2.24) is 5.32 Å². The number of methoxy groups -OCH3 is 1. The molecule has 1 aromatic carbocycles. The first kappa shape index (κ1) is 14.4. The molecular formula is C15H21NO2S. The summed E-state index contributed by atoms with van der Waals surface area (Å²) in [6.45, 7) is 0.868. The predicted octanol–water partition coefficient (Wildman–Crippen LogP) is 2.85. The number of esters is 1. The molecule has 0 unspecified atom stereocenters. The van der Waals surface area contributed by atoms with E-state index in [-0.39, 0.29) is 5.97 Å². The molecule has 0 heterocycles. The summed E-state index contributed by atoms with van der Waals surface area (Å²) in [7, 11) is 1.40. The van der Waals surface area contributed by atoms with Gasteiger partial charge in [0.05, 0.1) is 12.7 Å². The first-order chi connectivity index (χ1) is 9.22. The van der Waals surface area contributed by atoms with Crippen molar-refractivity contribution in [3.05, 3.63) is 35.4 Å². The topological polar surface area (TPSA) is 38.3 Å². The van der Waals surface area contributed by atoms with Crippen molar-refractivity contribution in [2.45, 2.75) is 37.1 Å². The van der Waals surface area contributed by atoms with Crippen LogP contribution < -0.4 is 5.32 Å². The van der Waals surface area contributed by atoms with Crippen molar-refractivity contribution in [3.63, 3.8) is 0 Å². The Balaban J connectivity index is 1.82. The van der Waals surface area contributed by atoms with E-state index in [1.807, 2.05) is 36.0 Å². The Labute approximate surface area is 119 Å². The highest BCUT2D eigenvalue weighted by atomic mass is 32.2. The van der Waals surface area contributed by atoms with Crippen molar-refractivity contribution in [2.75, 3.05) is 13.4 Å². The fraction of sp³-hybridized carbons (Fsp3) is 0.533. The number of hydrogen-bond donors (Lipinski definition) is 1. The van der Waals surface area contributed by atoms with Gasteiger partial charge in [0.2, 0.25) is 0 Å². The molecule has 1 saturated carbocycles. The molecule has 1 N–H and O–H groups in total. The lowest BCUT2D eigenvalue weighted by Crippen LogP contribution is -2.26. The maximum absolute atomic E-state index is 11.3. The van der Waals surface area contributed by atoms with E-state index in [1.165, 1.54) is 31.9 Å². The lowest BCUT2D eigenvalue weighted by Gasteiger charge is -2.12. The van der Waals surface area contributed by atoms with Crippen molar-refractivity contribution in [3.8, 4) is 0 Å². The molecule has 0 bridgehead atoms. The van der Waals surface area contributed by atoms with Gasteiger partial charge in [-0.25, -0.2) is 4.79 Å². The van der Waals surface area contributed by atoms with Crippen LogP contribution in [0.2, 0.25) is 0 Å². The summed E-state index contributed by atoms with van der Waals surface area (Å²) in [6, 6.07) is 8.25. The van der Waals surface area contributed by atoms with E-state index in [1.54, 1.807) is 0 Å². The Bertz CT molecular complexity index is 419. The van der Waals surface area contributed by atoms with Crippen LogP contribution >= 0.6 is 11.8 Å². The molecule has 1 fully saturated rings. The molecule has 4 heteroatoms. The summed E-state index contributed by atoms with van der Waals surface area (Å²) in [5, 5.41) is 4.41. The molecule has 0 saturated heterocycles. The van der Waals surface area contributed by atoms with Gasteiger partial charge < -0.3 is 10.1 Å². The average molecular weight is 279 g/mol. The third kappa shape index (κ3) is 3.98. The first-order valence-electron chi connectivity index (χ1n) is 6.66. The van der Waals surface area contributed by atoms with Gasteiger partial charge in [-0.05, 0) is 43.2 Å². The summed E-state index contributed by atoms with van der Waals surface area (Å²) in [5.74, 6) is -0.280. The van der Waals surface area contributed by atoms with Gasteiger partial charge in [0.1, 0.15) is 0 Å². The first-order valence-corrected chi connectivity index (χ1v) is 7.95. The van der Waals surface area contributed by atoms with Crippen LogP contribution in [0.3, 0.4) is 0 Å². The van der Waals surface area contributed by atoms with Gasteiger partial charge in [0.15, 0.2) is 0 Å². The predicted molar refractivity (Wildman–Crippen MR) is 79.6 cm³/mol. The van der Waals surface area contributed by atoms with Crippen molar-refractivity contribution >= 4 is 17.7 Å². The van der Waals surface area contributed by atoms with Gasteiger partial charge in [-0.15, -0.1) is 0 Å². The molecule has 104 valence electrons. The number of thioether (sulfide) groups is 1. The molecule has 0 amide bonds. The number of rotatable bonds is 5. The SMILES string of the molecule is COC(=O)c1ccc(CN[C@@H]2CC[C@@H](SC)C2)cc1. The molecule has 1 aliphatic carbocycles. The molecule has 19 heavy (non-hydrogen) atoms. The second-order valence-electron chi connectivity index (χ2n) is 4.94. The van der Waals surface area contributed by atoms with E-state index < -0.39 is 0 Å². The minimum atomic E-state index is -0.280. The molecule has 1 aliphatic rings. The van der Waals surface area contributed by atoms with Crippen molar-refractivity contribution < 1.29 is 9.53 Å². The Kier molecular flexibility index (Phi) is 5.28. The zero-order valence-corrected chi connectivity index (χ0v) is 12.3. The molecule has 0 aromatic heterocycles.